The molecule has 2 aliphatic rings. The molecule has 5 N–H and O–H groups in total. The number of nitrogens with zero attached hydrogens (tertiary/aromatic N) is 4. The van der Waals surface area contributed by atoms with Gasteiger partial charge < -0.3 is 31.3 Å². The summed E-state index contributed by atoms with van der Waals surface area (Å²) in [4.78, 5) is 40.4. The fraction of sp³-hybridized carbons (Fsp3) is 0.346. The Labute approximate surface area is 214 Å². The Kier molecular flexibility index (Phi) is 7.52. The van der Waals surface area contributed by atoms with E-state index in [0.29, 0.717) is 31.1 Å². The minimum atomic E-state index is -0.464. The van der Waals surface area contributed by atoms with Crippen molar-refractivity contribution in [3.05, 3.63) is 60.2 Å². The number of hydrogen-bond donors (Lipinski definition) is 4. The number of nitrogens with two attached hydrogens (primary N) is 1. The van der Waals surface area contributed by atoms with Gasteiger partial charge in [0, 0.05) is 31.4 Å². The molecule has 3 aromatic rings. The molecular weight excluding hydrogens is 472 g/mol. The van der Waals surface area contributed by atoms with Gasteiger partial charge in [-0.3, -0.25) is 14.6 Å². The molecule has 0 radical (unpaired) electrons. The summed E-state index contributed by atoms with van der Waals surface area (Å²) >= 11 is 0. The monoisotopic (exact) mass is 502 g/mol. The quantitative estimate of drug-likeness (QED) is 0.378. The summed E-state index contributed by atoms with van der Waals surface area (Å²) in [6, 6.07) is 9.36. The highest BCUT2D eigenvalue weighted by molar-refractivity contribution is 6.07. The summed E-state index contributed by atoms with van der Waals surface area (Å²) in [5.41, 5.74) is 9.75. The number of pyridine rings is 1. The molecule has 11 heteroatoms. The number of hydrogen-bond acceptors (Lipinski definition) is 9. The highest BCUT2D eigenvalue weighted by atomic mass is 16.5. The van der Waals surface area contributed by atoms with Gasteiger partial charge in [0.05, 0.1) is 48.7 Å². The van der Waals surface area contributed by atoms with Crippen LogP contribution in [-0.2, 0) is 16.1 Å². The van der Waals surface area contributed by atoms with Crippen molar-refractivity contribution in [1.29, 1.82) is 0 Å². The van der Waals surface area contributed by atoms with E-state index in [1.807, 2.05) is 30.3 Å². The number of nitrogens with one attached hydrogen (secondary N) is 3. The Hall–Kier alpha value is -4.09. The van der Waals surface area contributed by atoms with E-state index < -0.39 is 5.91 Å². The summed E-state index contributed by atoms with van der Waals surface area (Å²) < 4.78 is 5.43. The lowest BCUT2D eigenvalue weighted by Crippen LogP contribution is -2.39. The predicted octanol–water partition coefficient (Wildman–Crippen LogP) is 1.58. The Morgan fingerprint density at radius 3 is 2.70 bits per heavy atom. The molecule has 2 aliphatic heterocycles. The van der Waals surface area contributed by atoms with Gasteiger partial charge in [-0.15, -0.1) is 0 Å². The van der Waals surface area contributed by atoms with Crippen LogP contribution < -0.4 is 26.6 Å². The minimum Gasteiger partial charge on any atom is -0.382 e. The average Bonchev–Trinajstić information content (AvgIpc) is 3.48. The van der Waals surface area contributed by atoms with E-state index in [0.717, 1.165) is 49.3 Å². The highest BCUT2D eigenvalue weighted by Crippen LogP contribution is 2.26. The molecule has 0 aliphatic carbocycles. The van der Waals surface area contributed by atoms with Gasteiger partial charge in [0.15, 0.2) is 11.5 Å². The fourth-order valence-electron chi connectivity index (χ4n) is 4.46. The second-order valence-corrected chi connectivity index (χ2v) is 9.00. The van der Waals surface area contributed by atoms with Gasteiger partial charge in [-0.05, 0) is 31.0 Å². The van der Waals surface area contributed by atoms with Gasteiger partial charge in [0.2, 0.25) is 5.91 Å². The maximum Gasteiger partial charge on any atom is 0.278 e. The first kappa shape index (κ1) is 24.6. The van der Waals surface area contributed by atoms with Gasteiger partial charge >= 0.3 is 0 Å². The van der Waals surface area contributed by atoms with Gasteiger partial charge in [-0.25, -0.2) is 9.97 Å². The van der Waals surface area contributed by atoms with Gasteiger partial charge in [0.25, 0.3) is 5.91 Å². The number of nitrogen functional groups attached to an aromatic ring is 1. The van der Waals surface area contributed by atoms with Crippen LogP contribution in [-0.4, -0.2) is 65.7 Å². The fourth-order valence-corrected chi connectivity index (χ4v) is 4.46. The maximum atomic E-state index is 13.2. The van der Waals surface area contributed by atoms with Crippen LogP contribution in [0.4, 0.5) is 17.2 Å². The molecule has 1 aromatic carbocycles. The van der Waals surface area contributed by atoms with Crippen molar-refractivity contribution in [3.63, 3.8) is 0 Å². The first-order valence-electron chi connectivity index (χ1n) is 12.4. The van der Waals surface area contributed by atoms with Crippen LogP contribution in [0.3, 0.4) is 0 Å². The van der Waals surface area contributed by atoms with Gasteiger partial charge in [0.1, 0.15) is 0 Å². The summed E-state index contributed by atoms with van der Waals surface area (Å²) in [6.45, 7) is 4.02. The Morgan fingerprint density at radius 2 is 1.95 bits per heavy atom. The Bertz CT molecular complexity index is 1250. The van der Waals surface area contributed by atoms with E-state index >= 15 is 0 Å². The van der Waals surface area contributed by atoms with Crippen molar-refractivity contribution in [3.8, 4) is 11.3 Å². The third-order valence-corrected chi connectivity index (χ3v) is 6.51. The molecule has 0 unspecified atom stereocenters. The van der Waals surface area contributed by atoms with Crippen LogP contribution in [0.2, 0.25) is 0 Å². The molecule has 37 heavy (non-hydrogen) atoms. The number of aromatic nitrogens is 3. The summed E-state index contributed by atoms with van der Waals surface area (Å²) in [5, 5.41) is 9.06. The van der Waals surface area contributed by atoms with Crippen molar-refractivity contribution in [2.75, 3.05) is 48.8 Å². The maximum absolute atomic E-state index is 13.2. The number of rotatable bonds is 7. The lowest BCUT2D eigenvalue weighted by molar-refractivity contribution is -0.122. The van der Waals surface area contributed by atoms with Crippen molar-refractivity contribution in [1.82, 2.24) is 25.6 Å². The third-order valence-electron chi connectivity index (χ3n) is 6.51. The van der Waals surface area contributed by atoms with E-state index in [1.54, 1.807) is 12.4 Å². The third kappa shape index (κ3) is 5.84. The topological polar surface area (TPSA) is 147 Å². The predicted molar refractivity (Wildman–Crippen MR) is 140 cm³/mol. The van der Waals surface area contributed by atoms with Gasteiger partial charge in [-0.2, -0.15) is 0 Å². The number of carbonyl (C=O) groups is 2. The van der Waals surface area contributed by atoms with Crippen molar-refractivity contribution in [2.24, 2.45) is 0 Å². The molecule has 0 saturated carbocycles. The Morgan fingerprint density at radius 1 is 1.14 bits per heavy atom. The molecule has 2 amide bonds. The Balaban J connectivity index is 1.27. The standard InChI is InChI=1S/C26H30N8O3/c27-24-23(26(36)33-21-15-28-9-7-22(21)34-10-12-37-13-11-34)32-20(16-30-24)18-5-3-17(4-6-18)14-31-25(35)19-2-1-8-29-19/h3-7,9,15-16,19,29H,1-2,8,10-14H2,(H2,27,30)(H,31,35)(H,33,36)/t19-/m0/s1. The molecule has 5 rings (SSSR count). The van der Waals surface area contributed by atoms with E-state index in [1.165, 1.54) is 6.20 Å². The zero-order valence-corrected chi connectivity index (χ0v) is 20.4. The number of ether oxygens (including phenoxy) is 1. The van der Waals surface area contributed by atoms with Crippen LogP contribution in [0.15, 0.2) is 48.9 Å². The van der Waals surface area contributed by atoms with Crippen molar-refractivity contribution in [2.45, 2.75) is 25.4 Å². The lowest BCUT2D eigenvalue weighted by atomic mass is 10.1. The summed E-state index contributed by atoms with van der Waals surface area (Å²) in [6.07, 6.45) is 6.72. The molecule has 2 aromatic heterocycles. The number of carbonyl (C=O) groups excluding carboxylic acids is 2. The zero-order chi connectivity index (χ0) is 25.6. The summed E-state index contributed by atoms with van der Waals surface area (Å²) in [7, 11) is 0. The minimum absolute atomic E-state index is 0.0204. The number of anilines is 3. The normalized spacial score (nSPS) is 17.4. The molecule has 11 nitrogen and oxygen atoms in total. The van der Waals surface area contributed by atoms with Crippen molar-refractivity contribution >= 4 is 29.0 Å². The molecule has 0 spiro atoms. The van der Waals surface area contributed by atoms with Crippen LogP contribution in [0.1, 0.15) is 28.9 Å². The number of morpholine rings is 1. The molecular formula is C26H30N8O3. The molecule has 4 heterocycles. The van der Waals surface area contributed by atoms with Crippen LogP contribution >= 0.6 is 0 Å². The average molecular weight is 503 g/mol. The highest BCUT2D eigenvalue weighted by Gasteiger charge is 2.22. The van der Waals surface area contributed by atoms with Crippen LogP contribution in [0, 0.1) is 0 Å². The van der Waals surface area contributed by atoms with Gasteiger partial charge in [-0.1, -0.05) is 24.3 Å². The second-order valence-electron chi connectivity index (χ2n) is 9.00. The van der Waals surface area contributed by atoms with E-state index in [9.17, 15) is 9.59 Å². The lowest BCUT2D eigenvalue weighted by Gasteiger charge is -2.30. The van der Waals surface area contributed by atoms with Crippen molar-refractivity contribution < 1.29 is 14.3 Å². The largest absolute Gasteiger partial charge is 0.382 e. The molecule has 1 atom stereocenters. The second kappa shape index (κ2) is 11.3. The first-order chi connectivity index (χ1) is 18.1. The molecule has 0 bridgehead atoms. The van der Waals surface area contributed by atoms with Crippen LogP contribution in [0.5, 0.6) is 0 Å². The van der Waals surface area contributed by atoms with Crippen LogP contribution in [0.25, 0.3) is 11.3 Å². The first-order valence-corrected chi connectivity index (χ1v) is 12.4. The molecule has 192 valence electrons. The smallest absolute Gasteiger partial charge is 0.278 e. The molecule has 2 fully saturated rings. The zero-order valence-electron chi connectivity index (χ0n) is 20.4. The number of benzene rings is 1. The van der Waals surface area contributed by atoms with E-state index in [-0.39, 0.29) is 23.5 Å². The van der Waals surface area contributed by atoms with E-state index in [4.69, 9.17) is 10.5 Å². The number of amides is 2. The SMILES string of the molecule is Nc1ncc(-c2ccc(CNC(=O)[C@@H]3CCCN3)cc2)nc1C(=O)Nc1cnccc1N1CCOCC1. The van der Waals surface area contributed by atoms with E-state index in [2.05, 4.69) is 35.8 Å². The molecule has 2 saturated heterocycles. The summed E-state index contributed by atoms with van der Waals surface area (Å²) in [5.74, 6) is -0.404.